The van der Waals surface area contributed by atoms with Gasteiger partial charge in [0.15, 0.2) is 0 Å². The highest BCUT2D eigenvalue weighted by molar-refractivity contribution is 5.77. The van der Waals surface area contributed by atoms with Crippen LogP contribution in [0.15, 0.2) is 0 Å². The average molecular weight is 1730 g/mol. The molecule has 4 aliphatic heterocycles. The second-order valence-corrected chi connectivity index (χ2v) is 35.0. The van der Waals surface area contributed by atoms with Crippen LogP contribution >= 0.6 is 0 Å². The summed E-state index contributed by atoms with van der Waals surface area (Å²) < 4.78 is 0. The zero-order chi connectivity index (χ0) is 94.5. The second-order valence-electron chi connectivity index (χ2n) is 35.0. The predicted octanol–water partition coefficient (Wildman–Crippen LogP) is -0.0804. The van der Waals surface area contributed by atoms with Crippen LogP contribution in [0.1, 0.15) is 190 Å². The second kappa shape index (κ2) is 51.7. The number of carboxylic acids is 12. The number of hydrogen-bond acceptors (Lipinski definition) is 30. The number of hydroxylamine groups is 8. The van der Waals surface area contributed by atoms with Gasteiger partial charge in [0.05, 0.1) is 78.5 Å². The van der Waals surface area contributed by atoms with Gasteiger partial charge < -0.3 is 103 Å². The van der Waals surface area contributed by atoms with Crippen molar-refractivity contribution in [3.8, 4) is 0 Å². The fraction of sp³-hybridized carbons (Fsp3) is 0.784. The number of carbonyl (C=O) groups excluding carboxylic acids is 4. The Morgan fingerprint density at radius 1 is 0.217 bits per heavy atom. The Hall–Kier alpha value is -9.04. The number of nitrogens with zero attached hydrogens (tertiary/aromatic N) is 10. The lowest BCUT2D eigenvalue weighted by atomic mass is 9.79. The van der Waals surface area contributed by atoms with E-state index in [0.717, 1.165) is 80.8 Å². The molecule has 4 amide bonds. The van der Waals surface area contributed by atoms with Crippen LogP contribution in [0.3, 0.4) is 0 Å². The van der Waals surface area contributed by atoms with Gasteiger partial charge in [0.25, 0.3) is 0 Å². The minimum Gasteiger partial charge on any atom is -0.480 e. The molecule has 0 atom stereocenters. The maximum Gasteiger partial charge on any atom is 0.317 e. The molecule has 4 heterocycles. The Morgan fingerprint density at radius 2 is 0.300 bits per heavy atom. The van der Waals surface area contributed by atoms with E-state index in [4.69, 9.17) is 61.3 Å². The summed E-state index contributed by atoms with van der Waals surface area (Å²) in [6.45, 7) is 31.2. The minimum atomic E-state index is -1.23. The van der Waals surface area contributed by atoms with Gasteiger partial charge in [-0.05, 0) is 162 Å². The van der Waals surface area contributed by atoms with Gasteiger partial charge in [-0.25, -0.2) is 0 Å². The van der Waals surface area contributed by atoms with Crippen molar-refractivity contribution in [2.75, 3.05) is 118 Å². The van der Waals surface area contributed by atoms with Crippen LogP contribution in [-0.2, 0) is 76.7 Å². The normalized spacial score (nSPS) is 18.5. The van der Waals surface area contributed by atoms with Crippen LogP contribution < -0.4 is 21.3 Å². The maximum absolute atomic E-state index is 11.0. The van der Waals surface area contributed by atoms with Gasteiger partial charge in [-0.3, -0.25) is 106 Å². The largest absolute Gasteiger partial charge is 0.480 e. The Bertz CT molecular complexity index is 2750. The lowest BCUT2D eigenvalue weighted by molar-refractivity contribution is -0.246. The standard InChI is InChI=1S/4C11H22N2O2.3C10H16N2O8/c4*1-8(14)12-9-6-10(2,3)13(15)11(4,5)7-9;3*13-7(14)3-11(4-8(15)16)1-2-12(5-9(17)18)6-10(19)20/h4*9,15H,6-7H2,1-5H3,(H,12,14);3*1-6H2,(H,13,14)(H,15,16)(H,17,18)(H,19,20). The van der Waals surface area contributed by atoms with Crippen LogP contribution in [0.2, 0.25) is 0 Å². The molecule has 46 nitrogen and oxygen atoms in total. The number of aliphatic carboxylic acids is 12. The van der Waals surface area contributed by atoms with Crippen molar-refractivity contribution in [2.45, 2.75) is 258 Å². The van der Waals surface area contributed by atoms with Gasteiger partial charge >= 0.3 is 71.6 Å². The van der Waals surface area contributed by atoms with Crippen molar-refractivity contribution in [3.05, 3.63) is 0 Å². The van der Waals surface area contributed by atoms with Crippen LogP contribution in [0.4, 0.5) is 0 Å². The molecular formula is C74H136N14O32. The number of rotatable bonds is 37. The van der Waals surface area contributed by atoms with Crippen LogP contribution in [0, 0.1) is 0 Å². The van der Waals surface area contributed by atoms with E-state index in [0.29, 0.717) is 0 Å². The molecule has 0 spiro atoms. The van der Waals surface area contributed by atoms with E-state index < -0.39 is 150 Å². The van der Waals surface area contributed by atoms with E-state index >= 15 is 0 Å². The molecule has 4 aliphatic rings. The molecular weight excluding hydrogens is 1600 g/mol. The molecule has 20 N–H and O–H groups in total. The van der Waals surface area contributed by atoms with Gasteiger partial charge in [0, 0.05) is 135 Å². The van der Waals surface area contributed by atoms with E-state index in [2.05, 4.69) is 21.3 Å². The Labute approximate surface area is 698 Å². The zero-order valence-corrected chi connectivity index (χ0v) is 72.9. The van der Waals surface area contributed by atoms with E-state index in [1.54, 1.807) is 0 Å². The summed E-state index contributed by atoms with van der Waals surface area (Å²) in [7, 11) is 0. The molecule has 120 heavy (non-hydrogen) atoms. The molecule has 4 saturated heterocycles. The fourth-order valence-corrected chi connectivity index (χ4v) is 15.1. The summed E-state index contributed by atoms with van der Waals surface area (Å²) in [5.74, 6) is -14.7. The maximum atomic E-state index is 11.0. The average Bonchev–Trinajstić information content (AvgIpc) is 0.799. The third-order valence-electron chi connectivity index (χ3n) is 18.7. The number of amides is 4. The van der Waals surface area contributed by atoms with E-state index in [-0.39, 0.29) is 131 Å². The van der Waals surface area contributed by atoms with Crippen LogP contribution in [0.25, 0.3) is 0 Å². The Balaban J connectivity index is -0.00000134. The number of nitrogens with one attached hydrogen (secondary N) is 4. The Morgan fingerprint density at radius 3 is 0.367 bits per heavy atom. The van der Waals surface area contributed by atoms with Gasteiger partial charge in [-0.15, -0.1) is 0 Å². The van der Waals surface area contributed by atoms with Crippen LogP contribution in [0.5, 0.6) is 0 Å². The number of carbonyl (C=O) groups is 16. The monoisotopic (exact) mass is 1730 g/mol. The van der Waals surface area contributed by atoms with Crippen LogP contribution in [-0.4, -0.2) is 413 Å². The molecule has 0 saturated carbocycles. The summed E-state index contributed by atoms with van der Waals surface area (Å²) >= 11 is 0. The molecule has 0 aromatic carbocycles. The fourth-order valence-electron chi connectivity index (χ4n) is 15.1. The molecule has 4 rings (SSSR count). The summed E-state index contributed by atoms with van der Waals surface area (Å²) in [5.41, 5.74) is -2.37. The molecule has 4 fully saturated rings. The molecule has 0 bridgehead atoms. The molecule has 694 valence electrons. The lowest BCUT2D eigenvalue weighted by Crippen LogP contribution is -2.62. The highest BCUT2D eigenvalue weighted by Crippen LogP contribution is 2.40. The van der Waals surface area contributed by atoms with Gasteiger partial charge in [0.1, 0.15) is 0 Å². The summed E-state index contributed by atoms with van der Waals surface area (Å²) in [6, 6.07) is 0.596. The molecule has 0 aromatic heterocycles. The SMILES string of the molecule is CC(=O)NC1CC(C)(C)N(O)C(C)(C)C1.CC(=O)NC1CC(C)(C)N(O)C(C)(C)C1.CC(=O)NC1CC(C)(C)N(O)C(C)(C)C1.CC(=O)NC1CC(C)(C)N(O)C(C)(C)C1.O=C(O)CN(CCN(CC(=O)O)CC(=O)O)CC(=O)O.O=C(O)CN(CCN(CC(=O)O)CC(=O)O)CC(=O)O.O=C(O)CN(CCN(CC(=O)O)CC(=O)O)CC(=O)O. The third kappa shape index (κ3) is 50.9. The van der Waals surface area contributed by atoms with Crippen molar-refractivity contribution >= 4 is 95.3 Å². The Kier molecular flexibility index (Phi) is 49.6. The summed E-state index contributed by atoms with van der Waals surface area (Å²) in [4.78, 5) is 177. The van der Waals surface area contributed by atoms with Crippen molar-refractivity contribution in [2.24, 2.45) is 0 Å². The van der Waals surface area contributed by atoms with Crippen molar-refractivity contribution in [1.82, 2.24) is 70.9 Å². The third-order valence-corrected chi connectivity index (χ3v) is 18.7. The first kappa shape index (κ1) is 115. The zero-order valence-electron chi connectivity index (χ0n) is 72.9. The van der Waals surface area contributed by atoms with Gasteiger partial charge in [0.2, 0.25) is 23.6 Å². The highest BCUT2D eigenvalue weighted by Gasteiger charge is 2.49. The first-order valence-corrected chi connectivity index (χ1v) is 38.2. The number of piperidine rings is 4. The first-order chi connectivity index (χ1) is 54.2. The molecule has 0 aromatic rings. The quantitative estimate of drug-likeness (QED) is 0.0387. The van der Waals surface area contributed by atoms with E-state index in [9.17, 15) is 97.5 Å². The van der Waals surface area contributed by atoms with Gasteiger partial charge in [-0.1, -0.05) is 0 Å². The van der Waals surface area contributed by atoms with Crippen molar-refractivity contribution in [1.29, 1.82) is 0 Å². The number of hydrogen-bond donors (Lipinski definition) is 20. The van der Waals surface area contributed by atoms with Crippen molar-refractivity contribution in [3.63, 3.8) is 0 Å². The van der Waals surface area contributed by atoms with Crippen molar-refractivity contribution < 1.29 is 159 Å². The summed E-state index contributed by atoms with van der Waals surface area (Å²) in [6.07, 6.45) is 6.16. The summed E-state index contributed by atoms with van der Waals surface area (Å²) in [5, 5.41) is 161. The molecule has 0 unspecified atom stereocenters. The lowest BCUT2D eigenvalue weighted by Gasteiger charge is -2.51. The van der Waals surface area contributed by atoms with E-state index in [1.807, 2.05) is 111 Å². The molecule has 0 aliphatic carbocycles. The number of carboxylic acid groups (broad SMARTS) is 12. The topological polar surface area (TPSA) is 677 Å². The highest BCUT2D eigenvalue weighted by atomic mass is 16.5. The minimum absolute atomic E-state index is 0.00186. The smallest absolute Gasteiger partial charge is 0.317 e. The van der Waals surface area contributed by atoms with Gasteiger partial charge in [-0.2, -0.15) is 20.3 Å². The predicted molar refractivity (Wildman–Crippen MR) is 425 cm³/mol. The first-order valence-electron chi connectivity index (χ1n) is 38.2. The molecule has 0 radical (unpaired) electrons. The molecule has 46 heteroatoms. The van der Waals surface area contributed by atoms with E-state index in [1.165, 1.54) is 47.9 Å².